The number of carbonyl (C=O) groups is 2. The number of benzene rings is 1. The van der Waals surface area contributed by atoms with Gasteiger partial charge < -0.3 is 19.7 Å². The fourth-order valence-corrected chi connectivity index (χ4v) is 3.33. The number of hydrogen-bond donors (Lipinski definition) is 1. The fraction of sp³-hybridized carbons (Fsp3) is 0.579. The van der Waals surface area contributed by atoms with E-state index in [0.717, 1.165) is 44.3 Å². The Hall–Kier alpha value is -2.12. The average Bonchev–Trinajstić information content (AvgIpc) is 3.05. The topological polar surface area (TPSA) is 71.1 Å². The molecule has 2 aliphatic rings. The first kappa shape index (κ1) is 18.7. The average molecular weight is 361 g/mol. The molecule has 7 nitrogen and oxygen atoms in total. The van der Waals surface area contributed by atoms with Crippen LogP contribution in [0.5, 0.6) is 5.75 Å². The lowest BCUT2D eigenvalue weighted by molar-refractivity contribution is -0.126. The lowest BCUT2D eigenvalue weighted by Gasteiger charge is -2.26. The maximum Gasteiger partial charge on any atom is 0.227 e. The molecule has 26 heavy (non-hydrogen) atoms. The summed E-state index contributed by atoms with van der Waals surface area (Å²) >= 11 is 0. The van der Waals surface area contributed by atoms with Crippen molar-refractivity contribution in [2.75, 3.05) is 57.4 Å². The van der Waals surface area contributed by atoms with Crippen LogP contribution >= 0.6 is 0 Å². The molecule has 0 spiro atoms. The number of morpholine rings is 1. The van der Waals surface area contributed by atoms with Gasteiger partial charge in [-0.2, -0.15) is 0 Å². The molecular weight excluding hydrogens is 334 g/mol. The molecule has 0 unspecified atom stereocenters. The van der Waals surface area contributed by atoms with Crippen LogP contribution in [0.25, 0.3) is 0 Å². The lowest BCUT2D eigenvalue weighted by atomic mass is 10.1. The van der Waals surface area contributed by atoms with E-state index in [4.69, 9.17) is 9.47 Å². The minimum atomic E-state index is -0.293. The minimum Gasteiger partial charge on any atom is -0.494 e. The van der Waals surface area contributed by atoms with Gasteiger partial charge in [-0.3, -0.25) is 14.5 Å². The normalized spacial score (nSPS) is 21.0. The number of anilines is 1. The second kappa shape index (κ2) is 9.00. The van der Waals surface area contributed by atoms with E-state index < -0.39 is 0 Å². The van der Waals surface area contributed by atoms with E-state index in [1.165, 1.54) is 0 Å². The van der Waals surface area contributed by atoms with Crippen molar-refractivity contribution in [2.24, 2.45) is 5.92 Å². The SMILES string of the molecule is CCOc1ccc(N2C[C@H](C(=O)NCCN3CCOCC3)CC2=O)cc1. The van der Waals surface area contributed by atoms with Crippen LogP contribution in [-0.4, -0.2) is 69.3 Å². The van der Waals surface area contributed by atoms with Crippen LogP contribution in [0.15, 0.2) is 24.3 Å². The van der Waals surface area contributed by atoms with E-state index in [0.29, 0.717) is 19.7 Å². The summed E-state index contributed by atoms with van der Waals surface area (Å²) in [6.45, 7) is 7.70. The summed E-state index contributed by atoms with van der Waals surface area (Å²) in [6, 6.07) is 7.42. The summed E-state index contributed by atoms with van der Waals surface area (Å²) in [4.78, 5) is 28.7. The van der Waals surface area contributed by atoms with Gasteiger partial charge >= 0.3 is 0 Å². The Bertz CT molecular complexity index is 614. The van der Waals surface area contributed by atoms with Crippen molar-refractivity contribution in [3.05, 3.63) is 24.3 Å². The first-order valence-electron chi connectivity index (χ1n) is 9.28. The lowest BCUT2D eigenvalue weighted by Crippen LogP contribution is -2.42. The molecular formula is C19H27N3O4. The van der Waals surface area contributed by atoms with E-state index in [2.05, 4.69) is 10.2 Å². The third-order valence-electron chi connectivity index (χ3n) is 4.79. The third-order valence-corrected chi connectivity index (χ3v) is 4.79. The third kappa shape index (κ3) is 4.74. The van der Waals surface area contributed by atoms with Crippen molar-refractivity contribution in [3.8, 4) is 5.75 Å². The Morgan fingerprint density at radius 3 is 2.69 bits per heavy atom. The molecule has 2 fully saturated rings. The van der Waals surface area contributed by atoms with E-state index in [1.807, 2.05) is 31.2 Å². The van der Waals surface area contributed by atoms with Crippen LogP contribution in [0, 0.1) is 5.92 Å². The Morgan fingerprint density at radius 1 is 1.27 bits per heavy atom. The van der Waals surface area contributed by atoms with Crippen LogP contribution in [0.3, 0.4) is 0 Å². The minimum absolute atomic E-state index is 0.0116. The van der Waals surface area contributed by atoms with Gasteiger partial charge in [0.05, 0.1) is 25.7 Å². The van der Waals surface area contributed by atoms with Gasteiger partial charge in [0.15, 0.2) is 0 Å². The Morgan fingerprint density at radius 2 is 2.00 bits per heavy atom. The number of nitrogens with one attached hydrogen (secondary N) is 1. The van der Waals surface area contributed by atoms with Crippen molar-refractivity contribution < 1.29 is 19.1 Å². The highest BCUT2D eigenvalue weighted by molar-refractivity contribution is 6.00. The Labute approximate surface area is 154 Å². The van der Waals surface area contributed by atoms with Gasteiger partial charge in [-0.1, -0.05) is 0 Å². The molecule has 1 aromatic carbocycles. The van der Waals surface area contributed by atoms with Gasteiger partial charge in [0, 0.05) is 44.8 Å². The summed E-state index contributed by atoms with van der Waals surface area (Å²) in [5.41, 5.74) is 0.807. The van der Waals surface area contributed by atoms with E-state index in [-0.39, 0.29) is 24.2 Å². The van der Waals surface area contributed by atoms with E-state index in [1.54, 1.807) is 4.90 Å². The summed E-state index contributed by atoms with van der Waals surface area (Å²) < 4.78 is 10.7. The predicted molar refractivity (Wildman–Crippen MR) is 98.3 cm³/mol. The Kier molecular flexibility index (Phi) is 6.46. The molecule has 2 heterocycles. The number of ether oxygens (including phenoxy) is 2. The van der Waals surface area contributed by atoms with Gasteiger partial charge in [-0.25, -0.2) is 0 Å². The zero-order valence-electron chi connectivity index (χ0n) is 15.3. The standard InChI is InChI=1S/C19H27N3O4/c1-2-26-17-5-3-16(4-6-17)22-14-15(13-18(22)23)19(24)20-7-8-21-9-11-25-12-10-21/h3-6,15H,2,7-14H2,1H3,(H,20,24)/t15-/m1/s1. The molecule has 0 radical (unpaired) electrons. The van der Waals surface area contributed by atoms with E-state index >= 15 is 0 Å². The number of amides is 2. The van der Waals surface area contributed by atoms with Gasteiger partial charge in [-0.05, 0) is 31.2 Å². The summed E-state index contributed by atoms with van der Waals surface area (Å²) in [5, 5.41) is 2.97. The van der Waals surface area contributed by atoms with Crippen LogP contribution in [0.2, 0.25) is 0 Å². The molecule has 7 heteroatoms. The number of hydrogen-bond acceptors (Lipinski definition) is 5. The second-order valence-electron chi connectivity index (χ2n) is 6.58. The monoisotopic (exact) mass is 361 g/mol. The number of rotatable bonds is 7. The molecule has 0 bridgehead atoms. The van der Waals surface area contributed by atoms with Crippen molar-refractivity contribution in [3.63, 3.8) is 0 Å². The fourth-order valence-electron chi connectivity index (χ4n) is 3.33. The second-order valence-corrected chi connectivity index (χ2v) is 6.58. The molecule has 142 valence electrons. The maximum absolute atomic E-state index is 12.4. The summed E-state index contributed by atoms with van der Waals surface area (Å²) in [7, 11) is 0. The molecule has 1 aromatic rings. The number of nitrogens with zero attached hydrogens (tertiary/aromatic N) is 2. The predicted octanol–water partition coefficient (Wildman–Crippen LogP) is 0.887. The van der Waals surface area contributed by atoms with Crippen molar-refractivity contribution in [2.45, 2.75) is 13.3 Å². The van der Waals surface area contributed by atoms with E-state index in [9.17, 15) is 9.59 Å². The molecule has 2 amide bonds. The van der Waals surface area contributed by atoms with Gasteiger partial charge in [0.1, 0.15) is 5.75 Å². The first-order chi connectivity index (χ1) is 12.7. The highest BCUT2D eigenvalue weighted by Crippen LogP contribution is 2.27. The molecule has 2 aliphatic heterocycles. The van der Waals surface area contributed by atoms with Gasteiger partial charge in [-0.15, -0.1) is 0 Å². The molecule has 2 saturated heterocycles. The molecule has 1 atom stereocenters. The summed E-state index contributed by atoms with van der Waals surface area (Å²) in [6.07, 6.45) is 0.261. The molecule has 3 rings (SSSR count). The first-order valence-corrected chi connectivity index (χ1v) is 9.28. The molecule has 0 aromatic heterocycles. The maximum atomic E-state index is 12.4. The van der Waals surface area contributed by atoms with Gasteiger partial charge in [0.25, 0.3) is 0 Å². The van der Waals surface area contributed by atoms with Crippen LogP contribution in [0.1, 0.15) is 13.3 Å². The zero-order valence-corrected chi connectivity index (χ0v) is 15.3. The Balaban J connectivity index is 1.47. The number of carbonyl (C=O) groups excluding carboxylic acids is 2. The van der Waals surface area contributed by atoms with Gasteiger partial charge in [0.2, 0.25) is 11.8 Å². The van der Waals surface area contributed by atoms with Crippen LogP contribution in [0.4, 0.5) is 5.69 Å². The van der Waals surface area contributed by atoms with Crippen LogP contribution in [-0.2, 0) is 14.3 Å². The molecule has 0 aliphatic carbocycles. The quantitative estimate of drug-likeness (QED) is 0.781. The zero-order chi connectivity index (χ0) is 18.4. The van der Waals surface area contributed by atoms with Crippen molar-refractivity contribution >= 4 is 17.5 Å². The largest absolute Gasteiger partial charge is 0.494 e. The van der Waals surface area contributed by atoms with Crippen LogP contribution < -0.4 is 15.0 Å². The molecule has 0 saturated carbocycles. The molecule has 1 N–H and O–H groups in total. The summed E-state index contributed by atoms with van der Waals surface area (Å²) in [5.74, 6) is 0.432. The van der Waals surface area contributed by atoms with Crippen molar-refractivity contribution in [1.82, 2.24) is 10.2 Å². The highest BCUT2D eigenvalue weighted by Gasteiger charge is 2.35. The highest BCUT2D eigenvalue weighted by atomic mass is 16.5. The van der Waals surface area contributed by atoms with Crippen molar-refractivity contribution in [1.29, 1.82) is 0 Å². The smallest absolute Gasteiger partial charge is 0.227 e.